The van der Waals surface area contributed by atoms with E-state index in [2.05, 4.69) is 9.88 Å². The SMILES string of the molecule is Cc1ocnc1CN1CC(C)OC(CO)C1. The van der Waals surface area contributed by atoms with Crippen LogP contribution in [0.25, 0.3) is 0 Å². The lowest BCUT2D eigenvalue weighted by atomic mass is 10.2. The molecule has 1 aromatic heterocycles. The largest absolute Gasteiger partial charge is 0.448 e. The van der Waals surface area contributed by atoms with Crippen LogP contribution in [-0.2, 0) is 11.3 Å². The Kier molecular flexibility index (Phi) is 3.58. The van der Waals surface area contributed by atoms with Gasteiger partial charge in [-0.3, -0.25) is 4.90 Å². The van der Waals surface area contributed by atoms with E-state index in [0.717, 1.165) is 31.1 Å². The first-order chi connectivity index (χ1) is 7.69. The van der Waals surface area contributed by atoms with Crippen molar-refractivity contribution in [2.75, 3.05) is 19.7 Å². The maximum absolute atomic E-state index is 9.12. The van der Waals surface area contributed by atoms with Gasteiger partial charge in [0.2, 0.25) is 0 Å². The number of ether oxygens (including phenoxy) is 1. The standard InChI is InChI=1S/C11H18N2O3/c1-8-3-13(4-10(6-14)16-8)5-11-9(2)15-7-12-11/h7-8,10,14H,3-6H2,1-2H3. The van der Waals surface area contributed by atoms with Crippen molar-refractivity contribution >= 4 is 0 Å². The van der Waals surface area contributed by atoms with Crippen LogP contribution in [0.4, 0.5) is 0 Å². The third-order valence-electron chi connectivity index (χ3n) is 2.82. The first kappa shape index (κ1) is 11.6. The molecule has 90 valence electrons. The molecule has 0 aliphatic carbocycles. The fourth-order valence-corrected chi connectivity index (χ4v) is 2.06. The molecule has 2 atom stereocenters. The summed E-state index contributed by atoms with van der Waals surface area (Å²) in [6.45, 7) is 6.36. The first-order valence-electron chi connectivity index (χ1n) is 5.56. The summed E-state index contributed by atoms with van der Waals surface area (Å²) in [6, 6.07) is 0. The zero-order valence-corrected chi connectivity index (χ0v) is 9.72. The zero-order valence-electron chi connectivity index (χ0n) is 9.72. The van der Waals surface area contributed by atoms with Gasteiger partial charge in [-0.1, -0.05) is 0 Å². The fourth-order valence-electron chi connectivity index (χ4n) is 2.06. The molecule has 2 rings (SSSR count). The minimum absolute atomic E-state index is 0.0681. The van der Waals surface area contributed by atoms with Crippen LogP contribution in [-0.4, -0.2) is 46.9 Å². The Balaban J connectivity index is 1.96. The Hall–Kier alpha value is -0.910. The number of hydrogen-bond donors (Lipinski definition) is 1. The van der Waals surface area contributed by atoms with E-state index in [-0.39, 0.29) is 18.8 Å². The molecule has 0 amide bonds. The number of aliphatic hydroxyl groups excluding tert-OH is 1. The van der Waals surface area contributed by atoms with Crippen molar-refractivity contribution in [1.29, 1.82) is 0 Å². The van der Waals surface area contributed by atoms with Gasteiger partial charge in [0.15, 0.2) is 6.39 Å². The number of nitrogens with zero attached hydrogens (tertiary/aromatic N) is 2. The van der Waals surface area contributed by atoms with Gasteiger partial charge in [-0.2, -0.15) is 0 Å². The molecular formula is C11H18N2O3. The lowest BCUT2D eigenvalue weighted by molar-refractivity contribution is -0.0975. The summed E-state index contributed by atoms with van der Waals surface area (Å²) < 4.78 is 10.7. The van der Waals surface area contributed by atoms with Crippen LogP contribution in [0, 0.1) is 6.92 Å². The first-order valence-corrected chi connectivity index (χ1v) is 5.56. The summed E-state index contributed by atoms with van der Waals surface area (Å²) in [5.74, 6) is 0.861. The molecule has 0 spiro atoms. The van der Waals surface area contributed by atoms with Crippen molar-refractivity contribution < 1.29 is 14.3 Å². The minimum Gasteiger partial charge on any atom is -0.448 e. The monoisotopic (exact) mass is 226 g/mol. The lowest BCUT2D eigenvalue weighted by Gasteiger charge is -2.35. The molecule has 1 aliphatic rings. The van der Waals surface area contributed by atoms with Crippen molar-refractivity contribution in [3.63, 3.8) is 0 Å². The molecule has 5 heteroatoms. The van der Waals surface area contributed by atoms with Gasteiger partial charge >= 0.3 is 0 Å². The van der Waals surface area contributed by atoms with E-state index in [9.17, 15) is 0 Å². The second-order valence-corrected chi connectivity index (χ2v) is 4.30. The van der Waals surface area contributed by atoms with E-state index in [1.807, 2.05) is 13.8 Å². The second-order valence-electron chi connectivity index (χ2n) is 4.30. The summed E-state index contributed by atoms with van der Waals surface area (Å²) in [6.07, 6.45) is 1.53. The number of rotatable bonds is 3. The number of hydrogen-bond acceptors (Lipinski definition) is 5. The van der Waals surface area contributed by atoms with Gasteiger partial charge in [0, 0.05) is 19.6 Å². The molecule has 1 aliphatic heterocycles. The van der Waals surface area contributed by atoms with E-state index >= 15 is 0 Å². The van der Waals surface area contributed by atoms with Gasteiger partial charge in [0.05, 0.1) is 24.5 Å². The summed E-state index contributed by atoms with van der Waals surface area (Å²) in [5.41, 5.74) is 0.964. The highest BCUT2D eigenvalue weighted by atomic mass is 16.5. The van der Waals surface area contributed by atoms with Gasteiger partial charge in [-0.05, 0) is 13.8 Å². The summed E-state index contributed by atoms with van der Waals surface area (Å²) in [7, 11) is 0. The van der Waals surface area contributed by atoms with Gasteiger partial charge in [0.1, 0.15) is 5.76 Å². The highest BCUT2D eigenvalue weighted by Gasteiger charge is 2.25. The second kappa shape index (κ2) is 4.95. The number of aliphatic hydroxyl groups is 1. The van der Waals surface area contributed by atoms with Crippen LogP contribution in [0.2, 0.25) is 0 Å². The third kappa shape index (κ3) is 2.61. The van der Waals surface area contributed by atoms with Gasteiger partial charge in [-0.15, -0.1) is 0 Å². The third-order valence-corrected chi connectivity index (χ3v) is 2.82. The Morgan fingerprint density at radius 2 is 2.38 bits per heavy atom. The topological polar surface area (TPSA) is 58.7 Å². The van der Waals surface area contributed by atoms with Crippen molar-refractivity contribution in [1.82, 2.24) is 9.88 Å². The Morgan fingerprint density at radius 3 is 3.00 bits per heavy atom. The summed E-state index contributed by atoms with van der Waals surface area (Å²) in [5, 5.41) is 9.12. The predicted molar refractivity (Wildman–Crippen MR) is 57.9 cm³/mol. The molecule has 1 saturated heterocycles. The Bertz CT molecular complexity index is 340. The molecule has 0 aromatic carbocycles. The molecule has 16 heavy (non-hydrogen) atoms. The number of aromatic nitrogens is 1. The van der Waals surface area contributed by atoms with Crippen LogP contribution in [0.1, 0.15) is 18.4 Å². The van der Waals surface area contributed by atoms with Crippen molar-refractivity contribution in [2.24, 2.45) is 0 Å². The van der Waals surface area contributed by atoms with Crippen molar-refractivity contribution in [3.8, 4) is 0 Å². The quantitative estimate of drug-likeness (QED) is 0.816. The molecule has 2 unspecified atom stereocenters. The van der Waals surface area contributed by atoms with Crippen LogP contribution in [0.3, 0.4) is 0 Å². The van der Waals surface area contributed by atoms with Crippen LogP contribution in [0.15, 0.2) is 10.8 Å². The molecule has 1 N–H and O–H groups in total. The van der Waals surface area contributed by atoms with E-state index in [0.29, 0.717) is 0 Å². The highest BCUT2D eigenvalue weighted by Crippen LogP contribution is 2.15. The molecular weight excluding hydrogens is 208 g/mol. The maximum Gasteiger partial charge on any atom is 0.181 e. The average Bonchev–Trinajstić information content (AvgIpc) is 2.63. The van der Waals surface area contributed by atoms with E-state index in [1.54, 1.807) is 0 Å². The van der Waals surface area contributed by atoms with Crippen LogP contribution < -0.4 is 0 Å². The van der Waals surface area contributed by atoms with Gasteiger partial charge in [0.25, 0.3) is 0 Å². The molecule has 0 radical (unpaired) electrons. The smallest absolute Gasteiger partial charge is 0.181 e. The van der Waals surface area contributed by atoms with Gasteiger partial charge in [-0.25, -0.2) is 4.98 Å². The van der Waals surface area contributed by atoms with E-state index in [4.69, 9.17) is 14.3 Å². The van der Waals surface area contributed by atoms with Crippen molar-refractivity contribution in [2.45, 2.75) is 32.6 Å². The van der Waals surface area contributed by atoms with Crippen LogP contribution >= 0.6 is 0 Å². The van der Waals surface area contributed by atoms with Crippen LogP contribution in [0.5, 0.6) is 0 Å². The molecule has 5 nitrogen and oxygen atoms in total. The number of morpholine rings is 1. The fraction of sp³-hybridized carbons (Fsp3) is 0.727. The number of oxazole rings is 1. The highest BCUT2D eigenvalue weighted by molar-refractivity contribution is 5.04. The van der Waals surface area contributed by atoms with E-state index < -0.39 is 0 Å². The number of aryl methyl sites for hydroxylation is 1. The average molecular weight is 226 g/mol. The molecule has 1 aromatic rings. The molecule has 1 fully saturated rings. The zero-order chi connectivity index (χ0) is 11.5. The normalized spacial score (nSPS) is 27.2. The summed E-state index contributed by atoms with van der Waals surface area (Å²) >= 11 is 0. The van der Waals surface area contributed by atoms with E-state index in [1.165, 1.54) is 6.39 Å². The summed E-state index contributed by atoms with van der Waals surface area (Å²) in [4.78, 5) is 6.41. The Labute approximate surface area is 95.0 Å². The Morgan fingerprint density at radius 1 is 1.56 bits per heavy atom. The lowest BCUT2D eigenvalue weighted by Crippen LogP contribution is -2.47. The predicted octanol–water partition coefficient (Wildman–Crippen LogP) is 0.565. The molecule has 0 saturated carbocycles. The minimum atomic E-state index is -0.0871. The molecule has 0 bridgehead atoms. The van der Waals surface area contributed by atoms with Gasteiger partial charge < -0.3 is 14.3 Å². The van der Waals surface area contributed by atoms with Crippen molar-refractivity contribution in [3.05, 3.63) is 17.8 Å². The maximum atomic E-state index is 9.12. The molecule has 2 heterocycles.